The SMILES string of the molecule is CC(CNc1cc([N+](=O)[O-])cc(NN)n1)N(C)C1CC1. The van der Waals surface area contributed by atoms with Gasteiger partial charge in [-0.3, -0.25) is 15.0 Å². The molecule has 4 N–H and O–H groups in total. The largest absolute Gasteiger partial charge is 0.368 e. The van der Waals surface area contributed by atoms with E-state index in [-0.39, 0.29) is 11.5 Å². The molecule has 1 aliphatic rings. The summed E-state index contributed by atoms with van der Waals surface area (Å²) in [5, 5.41) is 14.0. The van der Waals surface area contributed by atoms with Crippen LogP contribution in [0.15, 0.2) is 12.1 Å². The smallest absolute Gasteiger partial charge is 0.276 e. The van der Waals surface area contributed by atoms with Crippen molar-refractivity contribution in [2.45, 2.75) is 31.8 Å². The van der Waals surface area contributed by atoms with Crippen LogP contribution in [0.25, 0.3) is 0 Å². The first-order chi connectivity index (χ1) is 9.51. The summed E-state index contributed by atoms with van der Waals surface area (Å²) in [6.07, 6.45) is 2.49. The van der Waals surface area contributed by atoms with Crippen LogP contribution in [0.4, 0.5) is 17.3 Å². The minimum absolute atomic E-state index is 0.0429. The average Bonchev–Trinajstić information content (AvgIpc) is 3.27. The number of likely N-dealkylation sites (N-methyl/N-ethyl adjacent to an activating group) is 1. The van der Waals surface area contributed by atoms with Gasteiger partial charge < -0.3 is 10.7 Å². The van der Waals surface area contributed by atoms with Gasteiger partial charge in [0.05, 0.1) is 17.1 Å². The van der Waals surface area contributed by atoms with Crippen molar-refractivity contribution in [2.24, 2.45) is 5.84 Å². The monoisotopic (exact) mass is 280 g/mol. The standard InChI is InChI=1S/C12H20N6O2/c1-8(17(2)9-3-4-9)7-14-11-5-10(18(19)20)6-12(15-11)16-13/h5-6,8-9H,3-4,7,13H2,1-2H3,(H2,14,15,16). The lowest BCUT2D eigenvalue weighted by Gasteiger charge is -2.24. The molecule has 110 valence electrons. The van der Waals surface area contributed by atoms with Crippen LogP contribution in [-0.4, -0.2) is 40.5 Å². The minimum atomic E-state index is -0.465. The maximum Gasteiger partial charge on any atom is 0.276 e. The van der Waals surface area contributed by atoms with Gasteiger partial charge in [0, 0.05) is 18.6 Å². The number of hydrazine groups is 1. The Morgan fingerprint density at radius 3 is 2.75 bits per heavy atom. The van der Waals surface area contributed by atoms with Crippen LogP contribution < -0.4 is 16.6 Å². The highest BCUT2D eigenvalue weighted by atomic mass is 16.6. The van der Waals surface area contributed by atoms with E-state index in [2.05, 4.69) is 34.6 Å². The van der Waals surface area contributed by atoms with Crippen molar-refractivity contribution in [2.75, 3.05) is 24.3 Å². The average molecular weight is 280 g/mol. The summed E-state index contributed by atoms with van der Waals surface area (Å²) in [6.45, 7) is 2.79. The van der Waals surface area contributed by atoms with E-state index in [1.165, 1.54) is 25.0 Å². The number of nitrogen functional groups attached to an aromatic ring is 1. The van der Waals surface area contributed by atoms with E-state index >= 15 is 0 Å². The Labute approximate surface area is 117 Å². The zero-order valence-corrected chi connectivity index (χ0v) is 11.7. The maximum atomic E-state index is 10.8. The number of anilines is 2. The molecule has 0 aliphatic heterocycles. The quantitative estimate of drug-likeness (QED) is 0.390. The molecule has 1 heterocycles. The van der Waals surface area contributed by atoms with Gasteiger partial charge in [0.25, 0.3) is 5.69 Å². The zero-order valence-electron chi connectivity index (χ0n) is 11.7. The molecular formula is C12H20N6O2. The fourth-order valence-electron chi connectivity index (χ4n) is 2.02. The molecular weight excluding hydrogens is 260 g/mol. The molecule has 1 aliphatic carbocycles. The molecule has 1 aromatic rings. The zero-order chi connectivity index (χ0) is 14.7. The fourth-order valence-corrected chi connectivity index (χ4v) is 2.02. The Hall–Kier alpha value is -1.93. The lowest BCUT2D eigenvalue weighted by molar-refractivity contribution is -0.384. The molecule has 0 aromatic carbocycles. The van der Waals surface area contributed by atoms with Crippen molar-refractivity contribution in [1.29, 1.82) is 0 Å². The van der Waals surface area contributed by atoms with Crippen molar-refractivity contribution < 1.29 is 4.92 Å². The van der Waals surface area contributed by atoms with Crippen LogP contribution in [0.2, 0.25) is 0 Å². The second kappa shape index (κ2) is 6.02. The Bertz CT molecular complexity index is 491. The highest BCUT2D eigenvalue weighted by Crippen LogP contribution is 2.27. The van der Waals surface area contributed by atoms with Crippen LogP contribution in [-0.2, 0) is 0 Å². The first-order valence-electron chi connectivity index (χ1n) is 6.60. The number of nitro groups is 1. The van der Waals surface area contributed by atoms with Crippen molar-refractivity contribution >= 4 is 17.3 Å². The molecule has 1 aromatic heterocycles. The molecule has 20 heavy (non-hydrogen) atoms. The third-order valence-corrected chi connectivity index (χ3v) is 3.57. The van der Waals surface area contributed by atoms with Gasteiger partial charge in [-0.05, 0) is 26.8 Å². The van der Waals surface area contributed by atoms with E-state index in [0.29, 0.717) is 24.4 Å². The number of nitrogens with two attached hydrogens (primary N) is 1. The molecule has 1 saturated carbocycles. The molecule has 1 fully saturated rings. The number of hydrogen-bond acceptors (Lipinski definition) is 7. The van der Waals surface area contributed by atoms with Gasteiger partial charge in [-0.25, -0.2) is 10.8 Å². The Morgan fingerprint density at radius 1 is 1.55 bits per heavy atom. The first-order valence-corrected chi connectivity index (χ1v) is 6.60. The van der Waals surface area contributed by atoms with Gasteiger partial charge in [-0.1, -0.05) is 0 Å². The van der Waals surface area contributed by atoms with Gasteiger partial charge >= 0.3 is 0 Å². The van der Waals surface area contributed by atoms with Crippen LogP contribution in [0.5, 0.6) is 0 Å². The van der Waals surface area contributed by atoms with E-state index in [0.717, 1.165) is 0 Å². The number of hydrogen-bond donors (Lipinski definition) is 3. The van der Waals surface area contributed by atoms with Crippen LogP contribution >= 0.6 is 0 Å². The number of rotatable bonds is 7. The third kappa shape index (κ3) is 3.55. The number of nitrogens with zero attached hydrogens (tertiary/aromatic N) is 3. The van der Waals surface area contributed by atoms with Crippen molar-refractivity contribution in [3.05, 3.63) is 22.2 Å². The number of pyridine rings is 1. The Kier molecular flexibility index (Phi) is 4.35. The first kappa shape index (κ1) is 14.5. The predicted molar refractivity (Wildman–Crippen MR) is 77.4 cm³/mol. The summed E-state index contributed by atoms with van der Waals surface area (Å²) in [7, 11) is 2.09. The lowest BCUT2D eigenvalue weighted by atomic mass is 10.3. The summed E-state index contributed by atoms with van der Waals surface area (Å²) in [5.74, 6) is 5.98. The van der Waals surface area contributed by atoms with Gasteiger partial charge in [-0.15, -0.1) is 0 Å². The molecule has 0 bridgehead atoms. The van der Waals surface area contributed by atoms with Crippen LogP contribution in [0, 0.1) is 10.1 Å². The van der Waals surface area contributed by atoms with E-state index in [4.69, 9.17) is 5.84 Å². The highest BCUT2D eigenvalue weighted by Gasteiger charge is 2.28. The number of aromatic nitrogens is 1. The van der Waals surface area contributed by atoms with E-state index in [1.54, 1.807) is 0 Å². The van der Waals surface area contributed by atoms with Gasteiger partial charge in [0.2, 0.25) is 0 Å². The number of nitrogens with one attached hydrogen (secondary N) is 2. The minimum Gasteiger partial charge on any atom is -0.368 e. The molecule has 0 saturated heterocycles. The van der Waals surface area contributed by atoms with Crippen molar-refractivity contribution in [3.8, 4) is 0 Å². The van der Waals surface area contributed by atoms with Crippen molar-refractivity contribution in [1.82, 2.24) is 9.88 Å². The highest BCUT2D eigenvalue weighted by molar-refractivity contribution is 5.54. The van der Waals surface area contributed by atoms with Gasteiger partial charge in [0.1, 0.15) is 11.6 Å². The Morgan fingerprint density at radius 2 is 2.20 bits per heavy atom. The van der Waals surface area contributed by atoms with Crippen LogP contribution in [0.3, 0.4) is 0 Å². The summed E-state index contributed by atoms with van der Waals surface area (Å²) in [5.41, 5.74) is 2.29. The summed E-state index contributed by atoms with van der Waals surface area (Å²) >= 11 is 0. The molecule has 0 radical (unpaired) electrons. The summed E-state index contributed by atoms with van der Waals surface area (Å²) in [4.78, 5) is 16.8. The molecule has 0 amide bonds. The predicted octanol–water partition coefficient (Wildman–Crippen LogP) is 1.17. The van der Waals surface area contributed by atoms with Crippen molar-refractivity contribution in [3.63, 3.8) is 0 Å². The normalized spacial score (nSPS) is 16.0. The van der Waals surface area contributed by atoms with Gasteiger partial charge in [-0.2, -0.15) is 0 Å². The second-order valence-electron chi connectivity index (χ2n) is 5.12. The Balaban J connectivity index is 2.00. The van der Waals surface area contributed by atoms with E-state index in [9.17, 15) is 10.1 Å². The van der Waals surface area contributed by atoms with Crippen LogP contribution in [0.1, 0.15) is 19.8 Å². The molecule has 8 heteroatoms. The lowest BCUT2D eigenvalue weighted by Crippen LogP contribution is -2.36. The van der Waals surface area contributed by atoms with E-state index in [1.807, 2.05) is 0 Å². The molecule has 8 nitrogen and oxygen atoms in total. The fraction of sp³-hybridized carbons (Fsp3) is 0.583. The maximum absolute atomic E-state index is 10.8. The van der Waals surface area contributed by atoms with E-state index < -0.39 is 4.92 Å². The molecule has 1 unspecified atom stereocenters. The summed E-state index contributed by atoms with van der Waals surface area (Å²) < 4.78 is 0. The third-order valence-electron chi connectivity index (χ3n) is 3.57. The molecule has 2 rings (SSSR count). The summed E-state index contributed by atoms with van der Waals surface area (Å²) in [6, 6.07) is 3.71. The van der Waals surface area contributed by atoms with Gasteiger partial charge in [0.15, 0.2) is 0 Å². The second-order valence-corrected chi connectivity index (χ2v) is 5.12. The molecule has 0 spiro atoms. The topological polar surface area (TPSA) is 109 Å². The molecule has 1 atom stereocenters.